The van der Waals surface area contributed by atoms with Gasteiger partial charge in [0, 0.05) is 0 Å². The molecule has 1 aromatic carbocycles. The molecule has 3 N–H and O–H groups in total. The number of pyridine rings is 1. The van der Waals surface area contributed by atoms with Gasteiger partial charge < -0.3 is 0 Å². The van der Waals surface area contributed by atoms with E-state index in [-0.39, 0.29) is 32.5 Å². The van der Waals surface area contributed by atoms with Gasteiger partial charge in [-0.25, -0.2) is 0 Å². The fraction of sp³-hybridized carbons (Fsp3) is 0.231. The van der Waals surface area contributed by atoms with Crippen LogP contribution in [0.5, 0.6) is 0 Å². The molecule has 34 heavy (non-hydrogen) atoms. The fourth-order valence-electron chi connectivity index (χ4n) is 3.65. The number of aromatic nitrogens is 5. The van der Waals surface area contributed by atoms with Gasteiger partial charge in [0.1, 0.15) is 0 Å². The van der Waals surface area contributed by atoms with Crippen LogP contribution in [0.2, 0.25) is 0 Å². The van der Waals surface area contributed by atoms with Crippen LogP contribution in [-0.2, 0) is 4.79 Å². The molecule has 0 aliphatic rings. The van der Waals surface area contributed by atoms with Gasteiger partial charge >= 0.3 is 210 Å². The molecule has 3 heterocycles. The molecule has 4 rings (SSSR count). The number of nitrogens with zero attached hydrogens (tertiary/aromatic N) is 3. The quantitative estimate of drug-likeness (QED) is 0.236. The summed E-state index contributed by atoms with van der Waals surface area (Å²) in [5.41, 5.74) is 6.23. The SMILES string of the molecule is C=C[I-]/C=C(\C=C(/C)NC(=O)CC(C)(C)C)c1ccc2[nH]nc(-c3nc4ccncc4[nH]3)c2c1. The second-order valence-electron chi connectivity index (χ2n) is 9.27. The van der Waals surface area contributed by atoms with Gasteiger partial charge in [-0.05, 0) is 0 Å². The van der Waals surface area contributed by atoms with Gasteiger partial charge in [0.2, 0.25) is 0 Å². The third-order valence-corrected chi connectivity index (χ3v) is 6.61. The van der Waals surface area contributed by atoms with E-state index in [1.165, 1.54) is 0 Å². The first kappa shape index (κ1) is 23.9. The van der Waals surface area contributed by atoms with E-state index in [1.807, 2.05) is 29.2 Å². The van der Waals surface area contributed by atoms with Crippen molar-refractivity contribution >= 4 is 33.4 Å². The maximum absolute atomic E-state index is 12.4. The van der Waals surface area contributed by atoms with Gasteiger partial charge in [-0.2, -0.15) is 0 Å². The van der Waals surface area contributed by atoms with Crippen LogP contribution in [-0.4, -0.2) is 31.1 Å². The Morgan fingerprint density at radius 1 is 1.24 bits per heavy atom. The van der Waals surface area contributed by atoms with Crippen LogP contribution in [0.4, 0.5) is 0 Å². The molecular weight excluding hydrogens is 539 g/mol. The Labute approximate surface area is 209 Å². The molecule has 1 amide bonds. The first-order chi connectivity index (χ1) is 16.2. The Bertz CT molecular complexity index is 1390. The first-order valence-electron chi connectivity index (χ1n) is 10.9. The van der Waals surface area contributed by atoms with Crippen molar-refractivity contribution in [2.75, 3.05) is 0 Å². The number of allylic oxidation sites excluding steroid dienone is 3. The van der Waals surface area contributed by atoms with Crippen molar-refractivity contribution in [3.63, 3.8) is 0 Å². The van der Waals surface area contributed by atoms with Crippen molar-refractivity contribution in [2.45, 2.75) is 34.1 Å². The molecule has 0 radical (unpaired) electrons. The number of hydrogen-bond donors (Lipinski definition) is 3. The Balaban J connectivity index is 1.69. The first-order valence-corrected chi connectivity index (χ1v) is 13.4. The van der Waals surface area contributed by atoms with Crippen LogP contribution < -0.4 is 26.5 Å². The minimum atomic E-state index is -0.317. The molecule has 3 aromatic heterocycles. The number of carbonyl (C=O) groups excluding carboxylic acids is 1. The van der Waals surface area contributed by atoms with Crippen molar-refractivity contribution in [1.82, 2.24) is 30.5 Å². The molecule has 0 aliphatic heterocycles. The van der Waals surface area contributed by atoms with Gasteiger partial charge in [0.25, 0.3) is 0 Å². The summed E-state index contributed by atoms with van der Waals surface area (Å²) in [6.07, 6.45) is 5.97. The van der Waals surface area contributed by atoms with Gasteiger partial charge in [0.15, 0.2) is 0 Å². The fourth-order valence-corrected chi connectivity index (χ4v) is 4.83. The predicted molar refractivity (Wildman–Crippen MR) is 133 cm³/mol. The summed E-state index contributed by atoms with van der Waals surface area (Å²) >= 11 is -0.317. The number of imidazole rings is 1. The van der Waals surface area contributed by atoms with Crippen molar-refractivity contribution < 1.29 is 26.0 Å². The average molecular weight is 567 g/mol. The standard InChI is InChI=1S/C26H28IN6O/c1-6-27-14-18(11-16(2)29-23(34)13-26(3,4)5)17-7-8-20-19(12-17)24(33-32-20)25-30-21-9-10-28-15-22(21)31-25/h6-12,14-15H,1,13H2,2-5H3,(H,29,34)(H,30,31)(H,32,33)/q-1/b16-11+,18-14+. The van der Waals surface area contributed by atoms with Crippen molar-refractivity contribution in [2.24, 2.45) is 5.41 Å². The second-order valence-corrected chi connectivity index (χ2v) is 11.5. The Hall–Kier alpha value is -3.27. The average Bonchev–Trinajstić information content (AvgIpc) is 3.38. The van der Waals surface area contributed by atoms with E-state index < -0.39 is 0 Å². The summed E-state index contributed by atoms with van der Waals surface area (Å²) in [6.45, 7) is 12.0. The van der Waals surface area contributed by atoms with Crippen LogP contribution >= 0.6 is 0 Å². The number of benzene rings is 1. The molecule has 0 aliphatic carbocycles. The van der Waals surface area contributed by atoms with Crippen LogP contribution in [0, 0.1) is 5.41 Å². The van der Waals surface area contributed by atoms with Gasteiger partial charge in [-0.15, -0.1) is 0 Å². The van der Waals surface area contributed by atoms with E-state index in [9.17, 15) is 4.79 Å². The summed E-state index contributed by atoms with van der Waals surface area (Å²) in [5, 5.41) is 11.6. The topological polar surface area (TPSA) is 99.3 Å². The maximum atomic E-state index is 12.4. The van der Waals surface area contributed by atoms with Gasteiger partial charge in [-0.1, -0.05) is 0 Å². The van der Waals surface area contributed by atoms with Gasteiger partial charge in [-0.3, -0.25) is 0 Å². The predicted octanol–water partition coefficient (Wildman–Crippen LogP) is 2.53. The van der Waals surface area contributed by atoms with Crippen LogP contribution in [0.3, 0.4) is 0 Å². The summed E-state index contributed by atoms with van der Waals surface area (Å²) in [5.74, 6) is 0.711. The zero-order valence-corrected chi connectivity index (χ0v) is 21.9. The van der Waals surface area contributed by atoms with Crippen LogP contribution in [0.15, 0.2) is 63.2 Å². The van der Waals surface area contributed by atoms with E-state index in [1.54, 1.807) is 12.4 Å². The third kappa shape index (κ3) is 5.61. The van der Waals surface area contributed by atoms with Crippen molar-refractivity contribution in [3.05, 3.63) is 68.7 Å². The Morgan fingerprint density at radius 3 is 2.79 bits per heavy atom. The molecule has 0 unspecified atom stereocenters. The number of aromatic amines is 2. The molecule has 4 aromatic rings. The minimum absolute atomic E-state index is 0.0194. The number of H-pyrrole nitrogens is 2. The molecule has 7 nitrogen and oxygen atoms in total. The molecule has 176 valence electrons. The summed E-state index contributed by atoms with van der Waals surface area (Å²) < 4.78 is 4.17. The molecule has 0 spiro atoms. The van der Waals surface area contributed by atoms with E-state index in [0.717, 1.165) is 44.5 Å². The summed E-state index contributed by atoms with van der Waals surface area (Å²) in [7, 11) is 0. The zero-order chi connectivity index (χ0) is 24.3. The molecule has 8 heteroatoms. The summed E-state index contributed by atoms with van der Waals surface area (Å²) in [6, 6.07) is 8.06. The molecule has 0 bridgehead atoms. The Kier molecular flexibility index (Phi) is 6.97. The number of nitrogens with one attached hydrogen (secondary N) is 3. The molecule has 0 fully saturated rings. The monoisotopic (exact) mass is 567 g/mol. The van der Waals surface area contributed by atoms with E-state index in [0.29, 0.717) is 12.2 Å². The van der Waals surface area contributed by atoms with E-state index in [4.69, 9.17) is 0 Å². The number of halogens is 1. The van der Waals surface area contributed by atoms with E-state index >= 15 is 0 Å². The number of hydrogen-bond acceptors (Lipinski definition) is 4. The number of amides is 1. The normalized spacial score (nSPS) is 13.1. The zero-order valence-electron chi connectivity index (χ0n) is 19.7. The number of carbonyl (C=O) groups is 1. The van der Waals surface area contributed by atoms with Crippen molar-refractivity contribution in [1.29, 1.82) is 0 Å². The molecular formula is C26H28IN6O-. The Morgan fingerprint density at radius 2 is 2.06 bits per heavy atom. The van der Waals surface area contributed by atoms with Crippen molar-refractivity contribution in [3.8, 4) is 11.5 Å². The van der Waals surface area contributed by atoms with Crippen LogP contribution in [0.25, 0.3) is 39.0 Å². The van der Waals surface area contributed by atoms with Crippen LogP contribution in [0.1, 0.15) is 39.7 Å². The molecule has 0 saturated heterocycles. The molecule has 0 saturated carbocycles. The molecule has 0 atom stereocenters. The van der Waals surface area contributed by atoms with Gasteiger partial charge in [0.05, 0.1) is 0 Å². The number of rotatable bonds is 7. The number of fused-ring (bicyclic) bond motifs is 2. The summed E-state index contributed by atoms with van der Waals surface area (Å²) in [4.78, 5) is 24.6. The second kappa shape index (κ2) is 9.92. The van der Waals surface area contributed by atoms with E-state index in [2.05, 4.69) is 74.0 Å². The third-order valence-electron chi connectivity index (χ3n) is 5.07.